The zero-order valence-electron chi connectivity index (χ0n) is 9.03. The third kappa shape index (κ3) is 2.85. The zero-order valence-corrected chi connectivity index (χ0v) is 9.79. The molecule has 1 saturated carbocycles. The number of carbonyl (C=O) groups excluding carboxylic acids is 1. The van der Waals surface area contributed by atoms with E-state index in [0.717, 1.165) is 18.5 Å². The maximum absolute atomic E-state index is 11.7. The lowest BCUT2D eigenvalue weighted by Gasteiger charge is -2.15. The monoisotopic (exact) mass is 239 g/mol. The third-order valence-electron chi connectivity index (χ3n) is 2.46. The largest absolute Gasteiger partial charge is 0.373 e. The van der Waals surface area contributed by atoms with Crippen LogP contribution in [-0.4, -0.2) is 23.0 Å². The van der Waals surface area contributed by atoms with Gasteiger partial charge >= 0.3 is 0 Å². The normalized spacial score (nSPS) is 16.6. The number of amides is 1. The first-order chi connectivity index (χ1) is 7.66. The number of hydrogen-bond acceptors (Lipinski definition) is 3. The summed E-state index contributed by atoms with van der Waals surface area (Å²) >= 11 is 5.93. The summed E-state index contributed by atoms with van der Waals surface area (Å²) in [5.41, 5.74) is 0.732. The molecule has 5 heteroatoms. The van der Waals surface area contributed by atoms with Crippen LogP contribution in [0.5, 0.6) is 0 Å². The molecule has 2 rings (SSSR count). The summed E-state index contributed by atoms with van der Waals surface area (Å²) in [7, 11) is 0. The van der Waals surface area contributed by atoms with E-state index in [1.807, 2.05) is 6.92 Å². The quantitative estimate of drug-likeness (QED) is 0.843. The van der Waals surface area contributed by atoms with Gasteiger partial charge in [-0.05, 0) is 25.8 Å². The molecule has 0 bridgehead atoms. The molecular weight excluding hydrogens is 226 g/mol. The van der Waals surface area contributed by atoms with Crippen LogP contribution in [0.15, 0.2) is 18.5 Å². The van der Waals surface area contributed by atoms with Gasteiger partial charge in [0.25, 0.3) is 0 Å². The number of halogens is 1. The van der Waals surface area contributed by atoms with E-state index < -0.39 is 0 Å². The van der Waals surface area contributed by atoms with E-state index >= 15 is 0 Å². The second-order valence-electron chi connectivity index (χ2n) is 4.00. The number of rotatable bonds is 4. The molecule has 2 N–H and O–H groups in total. The van der Waals surface area contributed by atoms with E-state index in [1.165, 1.54) is 0 Å². The number of hydrogen-bond donors (Lipinski definition) is 2. The van der Waals surface area contributed by atoms with Gasteiger partial charge in [0, 0.05) is 18.4 Å². The van der Waals surface area contributed by atoms with Crippen LogP contribution in [0.2, 0.25) is 5.02 Å². The van der Waals surface area contributed by atoms with Crippen molar-refractivity contribution in [2.24, 2.45) is 0 Å². The predicted octanol–water partition coefficient (Wildman–Crippen LogP) is 1.81. The Balaban J connectivity index is 1.92. The zero-order chi connectivity index (χ0) is 11.5. The second-order valence-corrected chi connectivity index (χ2v) is 4.41. The minimum atomic E-state index is -0.291. The van der Waals surface area contributed by atoms with Gasteiger partial charge in [0.15, 0.2) is 0 Å². The Morgan fingerprint density at radius 1 is 1.62 bits per heavy atom. The Kier molecular flexibility index (Phi) is 3.29. The molecule has 0 radical (unpaired) electrons. The molecule has 1 aromatic rings. The van der Waals surface area contributed by atoms with Gasteiger partial charge in [0.1, 0.15) is 6.04 Å². The molecule has 1 aliphatic carbocycles. The summed E-state index contributed by atoms with van der Waals surface area (Å²) < 4.78 is 0. The van der Waals surface area contributed by atoms with E-state index in [1.54, 1.807) is 18.5 Å². The van der Waals surface area contributed by atoms with Crippen LogP contribution < -0.4 is 10.6 Å². The lowest BCUT2D eigenvalue weighted by molar-refractivity contribution is -0.121. The minimum absolute atomic E-state index is 0.00961. The van der Waals surface area contributed by atoms with Gasteiger partial charge in [0.2, 0.25) is 5.91 Å². The Bertz CT molecular complexity index is 393. The molecule has 0 spiro atoms. The summed E-state index contributed by atoms with van der Waals surface area (Å²) in [6.07, 6.45) is 5.37. The summed E-state index contributed by atoms with van der Waals surface area (Å²) in [6, 6.07) is 1.84. The average Bonchev–Trinajstić information content (AvgIpc) is 3.05. The van der Waals surface area contributed by atoms with Crippen molar-refractivity contribution in [3.63, 3.8) is 0 Å². The van der Waals surface area contributed by atoms with E-state index in [2.05, 4.69) is 15.6 Å². The van der Waals surface area contributed by atoms with E-state index in [0.29, 0.717) is 11.1 Å². The second kappa shape index (κ2) is 4.70. The van der Waals surface area contributed by atoms with Crippen molar-refractivity contribution in [2.75, 3.05) is 5.32 Å². The topological polar surface area (TPSA) is 54.0 Å². The molecule has 1 heterocycles. The van der Waals surface area contributed by atoms with Crippen molar-refractivity contribution in [1.29, 1.82) is 0 Å². The lowest BCUT2D eigenvalue weighted by Crippen LogP contribution is -2.38. The Hall–Kier alpha value is -1.29. The molecular formula is C11H14ClN3O. The van der Waals surface area contributed by atoms with E-state index in [4.69, 9.17) is 11.6 Å². The van der Waals surface area contributed by atoms with Gasteiger partial charge in [-0.2, -0.15) is 0 Å². The van der Waals surface area contributed by atoms with Gasteiger partial charge in [-0.1, -0.05) is 11.6 Å². The standard InChI is InChI=1S/C11H14ClN3O/c1-7(11(16)15-8-2-3-8)14-10-4-5-13-6-9(10)12/h4-8H,2-3H2,1H3,(H,13,14)(H,15,16). The molecule has 1 unspecified atom stereocenters. The lowest BCUT2D eigenvalue weighted by atomic mass is 10.3. The summed E-state index contributed by atoms with van der Waals surface area (Å²) in [6.45, 7) is 1.81. The van der Waals surface area contributed by atoms with Gasteiger partial charge in [0.05, 0.1) is 10.7 Å². The SMILES string of the molecule is CC(Nc1ccncc1Cl)C(=O)NC1CC1. The van der Waals surface area contributed by atoms with E-state index in [-0.39, 0.29) is 11.9 Å². The van der Waals surface area contributed by atoms with Crippen LogP contribution in [0.25, 0.3) is 0 Å². The Morgan fingerprint density at radius 3 is 3.00 bits per heavy atom. The van der Waals surface area contributed by atoms with Gasteiger partial charge < -0.3 is 10.6 Å². The maximum Gasteiger partial charge on any atom is 0.242 e. The highest BCUT2D eigenvalue weighted by atomic mass is 35.5. The highest BCUT2D eigenvalue weighted by molar-refractivity contribution is 6.33. The highest BCUT2D eigenvalue weighted by Crippen LogP contribution is 2.21. The first-order valence-corrected chi connectivity index (χ1v) is 5.71. The van der Waals surface area contributed by atoms with Crippen LogP contribution in [-0.2, 0) is 4.79 Å². The first kappa shape index (κ1) is 11.2. The molecule has 0 aromatic carbocycles. The summed E-state index contributed by atoms with van der Waals surface area (Å²) in [5.74, 6) is 0.00961. The fourth-order valence-corrected chi connectivity index (χ4v) is 1.52. The molecule has 1 fully saturated rings. The summed E-state index contributed by atoms with van der Waals surface area (Å²) in [5, 5.41) is 6.51. The number of carbonyl (C=O) groups is 1. The average molecular weight is 240 g/mol. The molecule has 1 amide bonds. The molecule has 0 saturated heterocycles. The van der Waals surface area contributed by atoms with Crippen molar-refractivity contribution in [1.82, 2.24) is 10.3 Å². The number of nitrogens with one attached hydrogen (secondary N) is 2. The van der Waals surface area contributed by atoms with Crippen molar-refractivity contribution in [2.45, 2.75) is 31.8 Å². The molecule has 86 valence electrons. The van der Waals surface area contributed by atoms with Gasteiger partial charge in [-0.3, -0.25) is 9.78 Å². The molecule has 1 aliphatic rings. The highest BCUT2D eigenvalue weighted by Gasteiger charge is 2.25. The number of aromatic nitrogens is 1. The van der Waals surface area contributed by atoms with Gasteiger partial charge in [-0.15, -0.1) is 0 Å². The Morgan fingerprint density at radius 2 is 2.38 bits per heavy atom. The van der Waals surface area contributed by atoms with Crippen LogP contribution >= 0.6 is 11.6 Å². The smallest absolute Gasteiger partial charge is 0.242 e. The number of pyridine rings is 1. The fraction of sp³-hybridized carbons (Fsp3) is 0.455. The summed E-state index contributed by atoms with van der Waals surface area (Å²) in [4.78, 5) is 15.6. The van der Waals surface area contributed by atoms with Crippen molar-refractivity contribution < 1.29 is 4.79 Å². The first-order valence-electron chi connectivity index (χ1n) is 5.33. The van der Waals surface area contributed by atoms with Crippen LogP contribution in [0, 0.1) is 0 Å². The fourth-order valence-electron chi connectivity index (χ4n) is 1.34. The number of nitrogens with zero attached hydrogens (tertiary/aromatic N) is 1. The minimum Gasteiger partial charge on any atom is -0.373 e. The predicted molar refractivity (Wildman–Crippen MR) is 63.5 cm³/mol. The van der Waals surface area contributed by atoms with Crippen molar-refractivity contribution >= 4 is 23.2 Å². The van der Waals surface area contributed by atoms with Crippen LogP contribution in [0.4, 0.5) is 5.69 Å². The molecule has 4 nitrogen and oxygen atoms in total. The van der Waals surface area contributed by atoms with Crippen LogP contribution in [0.1, 0.15) is 19.8 Å². The van der Waals surface area contributed by atoms with Crippen molar-refractivity contribution in [3.05, 3.63) is 23.5 Å². The molecule has 1 atom stereocenters. The van der Waals surface area contributed by atoms with E-state index in [9.17, 15) is 4.79 Å². The van der Waals surface area contributed by atoms with Gasteiger partial charge in [-0.25, -0.2) is 0 Å². The van der Waals surface area contributed by atoms with Crippen molar-refractivity contribution in [3.8, 4) is 0 Å². The number of anilines is 1. The maximum atomic E-state index is 11.7. The molecule has 16 heavy (non-hydrogen) atoms. The molecule has 1 aromatic heterocycles. The van der Waals surface area contributed by atoms with Crippen LogP contribution in [0.3, 0.4) is 0 Å². The third-order valence-corrected chi connectivity index (χ3v) is 2.76. The molecule has 0 aliphatic heterocycles. The Labute approximate surface area is 99.4 Å².